The summed E-state index contributed by atoms with van der Waals surface area (Å²) in [6.45, 7) is 9.21. The molecule has 0 bridgehead atoms. The Balaban J connectivity index is 3.04. The number of aryl methyl sites for hydroxylation is 1. The van der Waals surface area contributed by atoms with Crippen molar-refractivity contribution in [3.8, 4) is 0 Å². The lowest BCUT2D eigenvalue weighted by molar-refractivity contribution is 0.345. The molecular formula is C15H28N2O2S2. The molecule has 4 nitrogen and oxygen atoms in total. The number of sulfonamides is 1. The van der Waals surface area contributed by atoms with E-state index in [0.29, 0.717) is 18.0 Å². The molecule has 0 aliphatic carbocycles. The molecule has 122 valence electrons. The summed E-state index contributed by atoms with van der Waals surface area (Å²) in [7, 11) is -1.52. The number of unbranched alkanes of at least 4 members (excludes halogenated alkanes) is 2. The van der Waals surface area contributed by atoms with Gasteiger partial charge < -0.3 is 5.32 Å². The minimum atomic E-state index is -3.39. The van der Waals surface area contributed by atoms with Gasteiger partial charge in [0.05, 0.1) is 4.90 Å². The maximum Gasteiger partial charge on any atom is 0.244 e. The van der Waals surface area contributed by atoms with Gasteiger partial charge >= 0.3 is 0 Å². The van der Waals surface area contributed by atoms with Gasteiger partial charge in [-0.15, -0.1) is 11.3 Å². The number of thiophene rings is 1. The molecule has 0 amide bonds. The number of hydrogen-bond donors (Lipinski definition) is 1. The van der Waals surface area contributed by atoms with Gasteiger partial charge in [-0.2, -0.15) is 4.31 Å². The summed E-state index contributed by atoms with van der Waals surface area (Å²) in [5.41, 5.74) is 0. The number of nitrogens with one attached hydrogen (secondary N) is 1. The molecule has 6 heteroatoms. The van der Waals surface area contributed by atoms with Crippen LogP contribution in [-0.4, -0.2) is 32.4 Å². The number of nitrogens with zero attached hydrogens (tertiary/aromatic N) is 1. The van der Waals surface area contributed by atoms with E-state index in [1.807, 2.05) is 33.9 Å². The summed E-state index contributed by atoms with van der Waals surface area (Å²) in [5.74, 6) is 0. The Morgan fingerprint density at radius 1 is 1.33 bits per heavy atom. The van der Waals surface area contributed by atoms with Crippen molar-refractivity contribution < 1.29 is 8.42 Å². The van der Waals surface area contributed by atoms with Crippen molar-refractivity contribution in [2.45, 2.75) is 64.4 Å². The summed E-state index contributed by atoms with van der Waals surface area (Å²) in [4.78, 5) is 2.41. The quantitative estimate of drug-likeness (QED) is 0.705. The Bertz CT molecular complexity index is 536. The highest BCUT2D eigenvalue weighted by Gasteiger charge is 2.29. The summed E-state index contributed by atoms with van der Waals surface area (Å²) in [6.07, 6.45) is 3.07. The lowest BCUT2D eigenvalue weighted by Crippen LogP contribution is -2.37. The lowest BCUT2D eigenvalue weighted by Gasteiger charge is -2.25. The highest BCUT2D eigenvalue weighted by atomic mass is 32.2. The van der Waals surface area contributed by atoms with E-state index in [0.717, 1.165) is 29.0 Å². The Morgan fingerprint density at radius 2 is 2.00 bits per heavy atom. The summed E-state index contributed by atoms with van der Waals surface area (Å²) < 4.78 is 27.5. The van der Waals surface area contributed by atoms with Crippen LogP contribution in [-0.2, 0) is 16.6 Å². The van der Waals surface area contributed by atoms with Crippen LogP contribution in [0.5, 0.6) is 0 Å². The van der Waals surface area contributed by atoms with E-state index in [4.69, 9.17) is 0 Å². The minimum absolute atomic E-state index is 0.0149. The molecular weight excluding hydrogens is 304 g/mol. The highest BCUT2D eigenvalue weighted by Crippen LogP contribution is 2.29. The van der Waals surface area contributed by atoms with Gasteiger partial charge in [0.25, 0.3) is 0 Å². The first kappa shape index (κ1) is 18.6. The van der Waals surface area contributed by atoms with E-state index < -0.39 is 10.0 Å². The van der Waals surface area contributed by atoms with Crippen LogP contribution >= 0.6 is 11.3 Å². The monoisotopic (exact) mass is 332 g/mol. The van der Waals surface area contributed by atoms with Gasteiger partial charge in [-0.05, 0) is 40.3 Å². The normalized spacial score (nSPS) is 12.5. The van der Waals surface area contributed by atoms with Crippen molar-refractivity contribution in [3.63, 3.8) is 0 Å². The molecule has 0 saturated heterocycles. The van der Waals surface area contributed by atoms with Crippen molar-refractivity contribution in [1.82, 2.24) is 9.62 Å². The van der Waals surface area contributed by atoms with Crippen LogP contribution in [0.3, 0.4) is 0 Å². The molecule has 0 radical (unpaired) electrons. The molecule has 0 aliphatic rings. The first-order valence-electron chi connectivity index (χ1n) is 7.60. The molecule has 0 unspecified atom stereocenters. The van der Waals surface area contributed by atoms with Crippen LogP contribution in [0.15, 0.2) is 11.0 Å². The molecule has 1 heterocycles. The predicted octanol–water partition coefficient (Wildman–Crippen LogP) is 3.37. The molecule has 21 heavy (non-hydrogen) atoms. The third kappa shape index (κ3) is 4.77. The van der Waals surface area contributed by atoms with Crippen LogP contribution in [0.2, 0.25) is 0 Å². The van der Waals surface area contributed by atoms with E-state index in [9.17, 15) is 8.42 Å². The van der Waals surface area contributed by atoms with E-state index in [1.54, 1.807) is 15.6 Å². The van der Waals surface area contributed by atoms with Gasteiger partial charge in [0.2, 0.25) is 10.0 Å². The third-order valence-electron chi connectivity index (χ3n) is 3.42. The van der Waals surface area contributed by atoms with Crippen LogP contribution in [0.4, 0.5) is 0 Å². The van der Waals surface area contributed by atoms with Crippen LogP contribution < -0.4 is 5.32 Å². The summed E-state index contributed by atoms with van der Waals surface area (Å²) in [5, 5.41) is 3.07. The topological polar surface area (TPSA) is 49.4 Å². The molecule has 0 saturated carbocycles. The zero-order valence-corrected chi connectivity index (χ0v) is 15.4. The molecule has 1 N–H and O–H groups in total. The molecule has 0 fully saturated rings. The van der Waals surface area contributed by atoms with Gasteiger partial charge in [-0.25, -0.2) is 8.42 Å². The predicted molar refractivity (Wildman–Crippen MR) is 90.4 cm³/mol. The molecule has 1 aromatic rings. The zero-order chi connectivity index (χ0) is 16.0. The fraction of sp³-hybridized carbons (Fsp3) is 0.733. The van der Waals surface area contributed by atoms with E-state index in [-0.39, 0.29) is 6.04 Å². The fourth-order valence-electron chi connectivity index (χ4n) is 2.34. The summed E-state index contributed by atoms with van der Waals surface area (Å²) in [6, 6.07) is 1.81. The van der Waals surface area contributed by atoms with Crippen molar-refractivity contribution in [1.29, 1.82) is 0 Å². The second kappa shape index (κ2) is 8.27. The molecule has 0 aliphatic heterocycles. The standard InChI is InChI=1S/C15H28N2O2S2/c1-6-7-8-9-17(12(2)3)21(18,19)15-10-14(11-16-5)20-13(15)4/h10,12,16H,6-9,11H2,1-5H3. The van der Waals surface area contributed by atoms with Gasteiger partial charge in [0, 0.05) is 28.9 Å². The maximum atomic E-state index is 12.9. The van der Waals surface area contributed by atoms with Crippen molar-refractivity contribution in [3.05, 3.63) is 15.8 Å². The van der Waals surface area contributed by atoms with Crippen LogP contribution in [0, 0.1) is 6.92 Å². The minimum Gasteiger partial charge on any atom is -0.315 e. The van der Waals surface area contributed by atoms with Crippen molar-refractivity contribution >= 4 is 21.4 Å². The van der Waals surface area contributed by atoms with Gasteiger partial charge in [-0.1, -0.05) is 19.8 Å². The second-order valence-electron chi connectivity index (χ2n) is 5.58. The van der Waals surface area contributed by atoms with Gasteiger partial charge in [0.15, 0.2) is 0 Å². The number of rotatable bonds is 9. The van der Waals surface area contributed by atoms with Crippen molar-refractivity contribution in [2.24, 2.45) is 0 Å². The Morgan fingerprint density at radius 3 is 2.52 bits per heavy atom. The lowest BCUT2D eigenvalue weighted by atomic mass is 10.2. The van der Waals surface area contributed by atoms with Gasteiger partial charge in [0.1, 0.15) is 0 Å². The largest absolute Gasteiger partial charge is 0.315 e. The second-order valence-corrected chi connectivity index (χ2v) is 8.78. The summed E-state index contributed by atoms with van der Waals surface area (Å²) >= 11 is 1.55. The maximum absolute atomic E-state index is 12.9. The average molecular weight is 333 g/mol. The van der Waals surface area contributed by atoms with Crippen LogP contribution in [0.1, 0.15) is 49.8 Å². The molecule has 0 aromatic carbocycles. The van der Waals surface area contributed by atoms with Gasteiger partial charge in [-0.3, -0.25) is 0 Å². The highest BCUT2D eigenvalue weighted by molar-refractivity contribution is 7.89. The molecule has 0 spiro atoms. The third-order valence-corrected chi connectivity index (χ3v) is 6.80. The van der Waals surface area contributed by atoms with E-state index in [2.05, 4.69) is 12.2 Å². The first-order valence-corrected chi connectivity index (χ1v) is 9.86. The fourth-order valence-corrected chi connectivity index (χ4v) is 5.63. The van der Waals surface area contributed by atoms with Crippen molar-refractivity contribution in [2.75, 3.05) is 13.6 Å². The number of hydrogen-bond acceptors (Lipinski definition) is 4. The molecule has 1 rings (SSSR count). The van der Waals surface area contributed by atoms with E-state index in [1.165, 1.54) is 0 Å². The Hall–Kier alpha value is -0.430. The SMILES string of the molecule is CCCCCN(C(C)C)S(=O)(=O)c1cc(CNC)sc1C. The Kier molecular flexibility index (Phi) is 7.33. The Labute approximate surface area is 133 Å². The van der Waals surface area contributed by atoms with Crippen LogP contribution in [0.25, 0.3) is 0 Å². The molecule has 0 atom stereocenters. The van der Waals surface area contributed by atoms with E-state index >= 15 is 0 Å². The molecule has 1 aromatic heterocycles. The average Bonchev–Trinajstić information content (AvgIpc) is 2.76. The zero-order valence-electron chi connectivity index (χ0n) is 13.8. The smallest absolute Gasteiger partial charge is 0.244 e. The first-order chi connectivity index (χ1) is 9.84.